The summed E-state index contributed by atoms with van der Waals surface area (Å²) in [6, 6.07) is 10.2. The van der Waals surface area contributed by atoms with Crippen molar-refractivity contribution in [1.29, 1.82) is 0 Å². The predicted molar refractivity (Wildman–Crippen MR) is 86.1 cm³/mol. The van der Waals surface area contributed by atoms with Crippen LogP contribution in [-0.4, -0.2) is 20.1 Å². The number of ether oxygens (including phenoxy) is 2. The molecular formula is C15H15BrN2O3. The first-order chi connectivity index (χ1) is 10.0. The van der Waals surface area contributed by atoms with Crippen LogP contribution in [0.5, 0.6) is 11.5 Å². The van der Waals surface area contributed by atoms with Gasteiger partial charge in [-0.3, -0.25) is 4.79 Å². The number of hydrogen-bond acceptors (Lipinski definition) is 4. The van der Waals surface area contributed by atoms with Crippen LogP contribution in [0.2, 0.25) is 0 Å². The Morgan fingerprint density at radius 1 is 1.10 bits per heavy atom. The highest BCUT2D eigenvalue weighted by Gasteiger charge is 2.13. The maximum atomic E-state index is 12.3. The summed E-state index contributed by atoms with van der Waals surface area (Å²) in [6.07, 6.45) is 0. The van der Waals surface area contributed by atoms with Gasteiger partial charge in [-0.25, -0.2) is 0 Å². The van der Waals surface area contributed by atoms with Crippen molar-refractivity contribution in [2.45, 2.75) is 0 Å². The molecule has 3 N–H and O–H groups in total. The Bertz CT molecular complexity index is 674. The monoisotopic (exact) mass is 350 g/mol. The lowest BCUT2D eigenvalue weighted by molar-refractivity contribution is 0.102. The van der Waals surface area contributed by atoms with E-state index in [1.165, 1.54) is 7.11 Å². The van der Waals surface area contributed by atoms with Crippen molar-refractivity contribution in [1.82, 2.24) is 0 Å². The summed E-state index contributed by atoms with van der Waals surface area (Å²) in [7, 11) is 3.10. The molecule has 2 rings (SSSR count). The number of anilines is 2. The Morgan fingerprint density at radius 2 is 1.71 bits per heavy atom. The highest BCUT2D eigenvalue weighted by molar-refractivity contribution is 9.10. The first-order valence-corrected chi connectivity index (χ1v) is 6.93. The van der Waals surface area contributed by atoms with Gasteiger partial charge >= 0.3 is 0 Å². The van der Waals surface area contributed by atoms with Gasteiger partial charge in [-0.15, -0.1) is 0 Å². The van der Waals surface area contributed by atoms with Crippen LogP contribution in [0.1, 0.15) is 10.4 Å². The lowest BCUT2D eigenvalue weighted by Gasteiger charge is -2.11. The number of benzene rings is 2. The molecular weight excluding hydrogens is 336 g/mol. The normalized spacial score (nSPS) is 10.0. The summed E-state index contributed by atoms with van der Waals surface area (Å²) in [6.45, 7) is 0. The molecule has 2 aromatic carbocycles. The zero-order valence-corrected chi connectivity index (χ0v) is 13.2. The quantitative estimate of drug-likeness (QED) is 0.829. The van der Waals surface area contributed by atoms with Crippen LogP contribution in [0.4, 0.5) is 11.4 Å². The Morgan fingerprint density at radius 3 is 2.38 bits per heavy atom. The van der Waals surface area contributed by atoms with Crippen molar-refractivity contribution in [3.05, 3.63) is 46.4 Å². The molecule has 0 aromatic heterocycles. The molecule has 110 valence electrons. The molecule has 6 heteroatoms. The molecule has 0 unspecified atom stereocenters. The molecule has 0 saturated carbocycles. The third-order valence-corrected chi connectivity index (χ3v) is 3.62. The zero-order valence-electron chi connectivity index (χ0n) is 11.6. The van der Waals surface area contributed by atoms with E-state index < -0.39 is 0 Å². The van der Waals surface area contributed by atoms with Crippen molar-refractivity contribution in [2.24, 2.45) is 0 Å². The van der Waals surface area contributed by atoms with E-state index in [4.69, 9.17) is 15.2 Å². The molecule has 0 bridgehead atoms. The summed E-state index contributed by atoms with van der Waals surface area (Å²) in [4.78, 5) is 12.3. The molecule has 0 saturated heterocycles. The van der Waals surface area contributed by atoms with Gasteiger partial charge in [-0.05, 0) is 46.3 Å². The summed E-state index contributed by atoms with van der Waals surface area (Å²) < 4.78 is 11.0. The number of rotatable bonds is 4. The average Bonchev–Trinajstić information content (AvgIpc) is 2.49. The van der Waals surface area contributed by atoms with Crippen molar-refractivity contribution in [3.8, 4) is 11.5 Å². The molecule has 0 heterocycles. The highest BCUT2D eigenvalue weighted by atomic mass is 79.9. The van der Waals surface area contributed by atoms with Gasteiger partial charge in [0, 0.05) is 16.2 Å². The number of hydrogen-bond donors (Lipinski definition) is 2. The molecule has 21 heavy (non-hydrogen) atoms. The van der Waals surface area contributed by atoms with Crippen molar-refractivity contribution in [3.63, 3.8) is 0 Å². The Labute approximate surface area is 131 Å². The summed E-state index contributed by atoms with van der Waals surface area (Å²) in [5, 5.41) is 2.79. The number of amides is 1. The van der Waals surface area contributed by atoms with Crippen LogP contribution in [0.25, 0.3) is 0 Å². The zero-order chi connectivity index (χ0) is 15.4. The van der Waals surface area contributed by atoms with Gasteiger partial charge < -0.3 is 20.5 Å². The highest BCUT2D eigenvalue weighted by Crippen LogP contribution is 2.28. The van der Waals surface area contributed by atoms with Gasteiger partial charge in [0.05, 0.1) is 25.5 Å². The van der Waals surface area contributed by atoms with Crippen LogP contribution in [0.15, 0.2) is 40.9 Å². The van der Waals surface area contributed by atoms with Crippen molar-refractivity contribution in [2.75, 3.05) is 25.3 Å². The molecule has 0 fully saturated rings. The van der Waals surface area contributed by atoms with Crippen LogP contribution < -0.4 is 20.5 Å². The Kier molecular flexibility index (Phi) is 4.70. The topological polar surface area (TPSA) is 73.6 Å². The SMILES string of the molecule is COc1ccc(Br)c(NC(=O)c2cc(OC)ccc2N)c1. The summed E-state index contributed by atoms with van der Waals surface area (Å²) in [5.41, 5.74) is 7.17. The maximum absolute atomic E-state index is 12.3. The second-order valence-electron chi connectivity index (χ2n) is 4.25. The van der Waals surface area contributed by atoms with Crippen molar-refractivity contribution >= 4 is 33.2 Å². The van der Waals surface area contributed by atoms with Gasteiger partial charge in [0.25, 0.3) is 5.91 Å². The van der Waals surface area contributed by atoms with Gasteiger partial charge in [0.1, 0.15) is 11.5 Å². The van der Waals surface area contributed by atoms with E-state index in [1.54, 1.807) is 43.5 Å². The molecule has 0 aliphatic heterocycles. The molecule has 0 radical (unpaired) electrons. The van der Waals surface area contributed by atoms with Crippen LogP contribution >= 0.6 is 15.9 Å². The molecule has 0 spiro atoms. The van der Waals surface area contributed by atoms with Gasteiger partial charge in [-0.2, -0.15) is 0 Å². The predicted octanol–water partition coefficient (Wildman–Crippen LogP) is 3.30. The fourth-order valence-electron chi connectivity index (χ4n) is 1.78. The average molecular weight is 351 g/mol. The standard InChI is InChI=1S/C15H15BrN2O3/c1-20-9-4-6-13(17)11(7-9)15(19)18-14-8-10(21-2)3-5-12(14)16/h3-8H,17H2,1-2H3,(H,18,19). The maximum Gasteiger partial charge on any atom is 0.257 e. The largest absolute Gasteiger partial charge is 0.497 e. The van der Waals surface area contributed by atoms with Crippen molar-refractivity contribution < 1.29 is 14.3 Å². The number of nitrogens with two attached hydrogens (primary N) is 1. The molecule has 2 aromatic rings. The third kappa shape index (κ3) is 3.46. The fourth-order valence-corrected chi connectivity index (χ4v) is 2.12. The minimum Gasteiger partial charge on any atom is -0.497 e. The number of nitrogen functional groups attached to an aromatic ring is 1. The van der Waals surface area contributed by atoms with Gasteiger partial charge in [0.2, 0.25) is 0 Å². The first kappa shape index (κ1) is 15.2. The van der Waals surface area contributed by atoms with E-state index in [-0.39, 0.29) is 5.91 Å². The van der Waals surface area contributed by atoms with E-state index in [9.17, 15) is 4.79 Å². The first-order valence-electron chi connectivity index (χ1n) is 6.13. The smallest absolute Gasteiger partial charge is 0.257 e. The fraction of sp³-hybridized carbons (Fsp3) is 0.133. The van der Waals surface area contributed by atoms with Crippen LogP contribution in [0, 0.1) is 0 Å². The lowest BCUT2D eigenvalue weighted by Crippen LogP contribution is -2.14. The lowest BCUT2D eigenvalue weighted by atomic mass is 10.1. The summed E-state index contributed by atoms with van der Waals surface area (Å²) >= 11 is 3.38. The Hall–Kier alpha value is -2.21. The second-order valence-corrected chi connectivity index (χ2v) is 5.11. The number of carbonyl (C=O) groups excluding carboxylic acids is 1. The molecule has 0 aliphatic carbocycles. The van der Waals surface area contributed by atoms with E-state index in [2.05, 4.69) is 21.2 Å². The minimum absolute atomic E-state index is 0.319. The van der Waals surface area contributed by atoms with E-state index >= 15 is 0 Å². The van der Waals surface area contributed by atoms with Crippen LogP contribution in [-0.2, 0) is 0 Å². The third-order valence-electron chi connectivity index (χ3n) is 2.93. The van der Waals surface area contributed by atoms with Gasteiger partial charge in [-0.1, -0.05) is 0 Å². The number of methoxy groups -OCH3 is 2. The van der Waals surface area contributed by atoms with E-state index in [0.717, 1.165) is 4.47 Å². The molecule has 1 amide bonds. The van der Waals surface area contributed by atoms with E-state index in [0.29, 0.717) is 28.4 Å². The summed E-state index contributed by atoms with van der Waals surface area (Å²) in [5.74, 6) is 0.895. The minimum atomic E-state index is -0.319. The van der Waals surface area contributed by atoms with Gasteiger partial charge in [0.15, 0.2) is 0 Å². The second kappa shape index (κ2) is 6.49. The molecule has 5 nitrogen and oxygen atoms in total. The molecule has 0 aliphatic rings. The van der Waals surface area contributed by atoms with Crippen LogP contribution in [0.3, 0.4) is 0 Å². The number of halogens is 1. The van der Waals surface area contributed by atoms with E-state index in [1.807, 2.05) is 0 Å². The Balaban J connectivity index is 2.29. The number of carbonyl (C=O) groups is 1. The number of nitrogens with one attached hydrogen (secondary N) is 1. The molecule has 0 atom stereocenters.